The zero-order valence-electron chi connectivity index (χ0n) is 19.7. The summed E-state index contributed by atoms with van der Waals surface area (Å²) in [5.41, 5.74) is 2.97. The van der Waals surface area contributed by atoms with Gasteiger partial charge >= 0.3 is 12.1 Å². The lowest BCUT2D eigenvalue weighted by molar-refractivity contribution is -0.155. The second-order valence-corrected chi connectivity index (χ2v) is 10.6. The Balaban J connectivity index is 1.12. The molecule has 7 heteroatoms. The van der Waals surface area contributed by atoms with Gasteiger partial charge in [-0.15, -0.1) is 0 Å². The zero-order valence-corrected chi connectivity index (χ0v) is 19.7. The highest BCUT2D eigenvalue weighted by Gasteiger charge is 2.67. The molecule has 2 unspecified atom stereocenters. The number of aliphatic carboxylic acids is 1. The average Bonchev–Trinajstić information content (AvgIpc) is 3.52. The standard InChI is InChI=1S/C28H30N2O5/c31-24(30-14-5-7-18-15-28(18,30)25(32)33)16-27(12-6-13-27)29-26(34)35-17-23-21-10-3-1-8-19(21)20-9-2-4-11-22(20)23/h1-4,8-11,18,23H,5-7,12-17H2,(H,29,34)(H,32,33). The van der Waals surface area contributed by atoms with Gasteiger partial charge < -0.3 is 20.1 Å². The first-order valence-corrected chi connectivity index (χ1v) is 12.6. The molecular weight excluding hydrogens is 444 g/mol. The third-order valence-corrected chi connectivity index (χ3v) is 8.67. The zero-order chi connectivity index (χ0) is 24.2. The van der Waals surface area contributed by atoms with E-state index in [1.54, 1.807) is 4.90 Å². The fourth-order valence-electron chi connectivity index (χ4n) is 6.59. The number of hydrogen-bond donors (Lipinski definition) is 2. The number of piperidine rings is 1. The summed E-state index contributed by atoms with van der Waals surface area (Å²) in [5.74, 6) is -1.04. The van der Waals surface area contributed by atoms with E-state index in [1.165, 1.54) is 11.1 Å². The molecule has 3 fully saturated rings. The number of nitrogens with one attached hydrogen (secondary N) is 1. The second-order valence-electron chi connectivity index (χ2n) is 10.6. The summed E-state index contributed by atoms with van der Waals surface area (Å²) in [6.45, 7) is 0.697. The van der Waals surface area contributed by atoms with Crippen LogP contribution in [0.4, 0.5) is 4.79 Å². The third kappa shape index (κ3) is 3.51. The lowest BCUT2D eigenvalue weighted by atomic mass is 9.74. The van der Waals surface area contributed by atoms with Gasteiger partial charge in [0.2, 0.25) is 5.91 Å². The number of carboxylic acids is 1. The smallest absolute Gasteiger partial charge is 0.407 e. The van der Waals surface area contributed by atoms with Gasteiger partial charge in [0.15, 0.2) is 0 Å². The highest BCUT2D eigenvalue weighted by Crippen LogP contribution is 2.55. The van der Waals surface area contributed by atoms with Crippen molar-refractivity contribution in [1.82, 2.24) is 10.2 Å². The molecule has 1 heterocycles. The van der Waals surface area contributed by atoms with E-state index >= 15 is 0 Å². The fraction of sp³-hybridized carbons (Fsp3) is 0.464. The number of alkyl carbamates (subject to hydrolysis) is 1. The normalized spacial score (nSPS) is 25.5. The van der Waals surface area contributed by atoms with Crippen molar-refractivity contribution < 1.29 is 24.2 Å². The number of likely N-dealkylation sites (tertiary alicyclic amines) is 1. The lowest BCUT2D eigenvalue weighted by Crippen LogP contribution is -2.59. The maximum Gasteiger partial charge on any atom is 0.407 e. The molecule has 4 aliphatic rings. The summed E-state index contributed by atoms with van der Waals surface area (Å²) in [6.07, 6.45) is 4.15. The van der Waals surface area contributed by atoms with Crippen LogP contribution in [0.2, 0.25) is 0 Å². The molecule has 0 aromatic heterocycles. The van der Waals surface area contributed by atoms with Crippen molar-refractivity contribution in [3.8, 4) is 11.1 Å². The molecule has 1 aliphatic heterocycles. The fourth-order valence-corrected chi connectivity index (χ4v) is 6.59. The summed E-state index contributed by atoms with van der Waals surface area (Å²) in [7, 11) is 0. The maximum absolute atomic E-state index is 13.2. The Bertz CT molecular complexity index is 1160. The van der Waals surface area contributed by atoms with E-state index < -0.39 is 23.1 Å². The summed E-state index contributed by atoms with van der Waals surface area (Å²) in [4.78, 5) is 39.7. The number of ether oxygens (including phenoxy) is 1. The molecule has 2 N–H and O–H groups in total. The highest BCUT2D eigenvalue weighted by molar-refractivity contribution is 5.91. The van der Waals surface area contributed by atoms with Crippen LogP contribution in [-0.4, -0.2) is 52.2 Å². The molecule has 35 heavy (non-hydrogen) atoms. The Morgan fingerprint density at radius 1 is 1.00 bits per heavy atom. The van der Waals surface area contributed by atoms with E-state index in [-0.39, 0.29) is 30.8 Å². The van der Waals surface area contributed by atoms with Crippen LogP contribution in [0, 0.1) is 5.92 Å². The Morgan fingerprint density at radius 2 is 1.66 bits per heavy atom. The summed E-state index contributed by atoms with van der Waals surface area (Å²) in [6, 6.07) is 16.4. The molecule has 0 radical (unpaired) electrons. The maximum atomic E-state index is 13.2. The van der Waals surface area contributed by atoms with Gasteiger partial charge in [0.05, 0.1) is 12.0 Å². The van der Waals surface area contributed by atoms with E-state index in [0.29, 0.717) is 25.8 Å². The second kappa shape index (κ2) is 8.11. The van der Waals surface area contributed by atoms with Crippen molar-refractivity contribution in [2.75, 3.05) is 13.2 Å². The van der Waals surface area contributed by atoms with Gasteiger partial charge in [-0.2, -0.15) is 0 Å². The van der Waals surface area contributed by atoms with Crippen LogP contribution in [0.1, 0.15) is 62.0 Å². The van der Waals surface area contributed by atoms with Crippen molar-refractivity contribution in [1.29, 1.82) is 0 Å². The van der Waals surface area contributed by atoms with Crippen molar-refractivity contribution in [3.63, 3.8) is 0 Å². The largest absolute Gasteiger partial charge is 0.479 e. The first-order chi connectivity index (χ1) is 16.9. The molecule has 7 nitrogen and oxygen atoms in total. The predicted molar refractivity (Wildman–Crippen MR) is 129 cm³/mol. The van der Waals surface area contributed by atoms with Crippen molar-refractivity contribution >= 4 is 18.0 Å². The molecule has 6 rings (SSSR count). The number of nitrogens with zero attached hydrogens (tertiary/aromatic N) is 1. The molecule has 0 spiro atoms. The van der Waals surface area contributed by atoms with Crippen LogP contribution in [-0.2, 0) is 14.3 Å². The molecule has 2 aromatic rings. The molecule has 2 atom stereocenters. The van der Waals surface area contributed by atoms with Gasteiger partial charge in [0.25, 0.3) is 0 Å². The number of carboxylic acid groups (broad SMARTS) is 1. The summed E-state index contributed by atoms with van der Waals surface area (Å²) >= 11 is 0. The average molecular weight is 475 g/mol. The molecule has 2 saturated carbocycles. The van der Waals surface area contributed by atoms with Crippen LogP contribution < -0.4 is 5.32 Å². The number of benzene rings is 2. The molecule has 0 bridgehead atoms. The minimum absolute atomic E-state index is 0.0253. The number of amides is 2. The van der Waals surface area contributed by atoms with E-state index in [2.05, 4.69) is 29.6 Å². The quantitative estimate of drug-likeness (QED) is 0.651. The molecule has 1 saturated heterocycles. The topological polar surface area (TPSA) is 95.9 Å². The first-order valence-electron chi connectivity index (χ1n) is 12.6. The van der Waals surface area contributed by atoms with Crippen LogP contribution >= 0.6 is 0 Å². The van der Waals surface area contributed by atoms with Crippen LogP contribution in [0.15, 0.2) is 48.5 Å². The van der Waals surface area contributed by atoms with Gasteiger partial charge in [-0.3, -0.25) is 4.79 Å². The minimum Gasteiger partial charge on any atom is -0.479 e. The summed E-state index contributed by atoms with van der Waals surface area (Å²) in [5, 5.41) is 12.8. The van der Waals surface area contributed by atoms with Gasteiger partial charge in [-0.05, 0) is 66.7 Å². The number of carbonyl (C=O) groups is 3. The van der Waals surface area contributed by atoms with E-state index in [9.17, 15) is 19.5 Å². The molecular formula is C28H30N2O5. The van der Waals surface area contributed by atoms with Gasteiger partial charge in [-0.25, -0.2) is 9.59 Å². The van der Waals surface area contributed by atoms with Crippen LogP contribution in [0.25, 0.3) is 11.1 Å². The molecule has 2 aromatic carbocycles. The summed E-state index contributed by atoms with van der Waals surface area (Å²) < 4.78 is 5.72. The predicted octanol–water partition coefficient (Wildman–Crippen LogP) is 4.30. The number of fused-ring (bicyclic) bond motifs is 4. The van der Waals surface area contributed by atoms with Crippen molar-refractivity contribution in [3.05, 3.63) is 59.7 Å². The van der Waals surface area contributed by atoms with Gasteiger partial charge in [-0.1, -0.05) is 48.5 Å². The molecule has 182 valence electrons. The minimum atomic E-state index is -1.02. The first kappa shape index (κ1) is 22.1. The third-order valence-electron chi connectivity index (χ3n) is 8.67. The van der Waals surface area contributed by atoms with E-state index in [1.807, 2.05) is 24.3 Å². The van der Waals surface area contributed by atoms with E-state index in [4.69, 9.17) is 4.74 Å². The number of carbonyl (C=O) groups excluding carboxylic acids is 2. The lowest BCUT2D eigenvalue weighted by Gasteiger charge is -2.44. The number of hydrogen-bond acceptors (Lipinski definition) is 4. The van der Waals surface area contributed by atoms with Crippen LogP contribution in [0.5, 0.6) is 0 Å². The highest BCUT2D eigenvalue weighted by atomic mass is 16.5. The van der Waals surface area contributed by atoms with E-state index in [0.717, 1.165) is 30.4 Å². The Hall–Kier alpha value is -3.35. The monoisotopic (exact) mass is 474 g/mol. The van der Waals surface area contributed by atoms with Gasteiger partial charge in [0.1, 0.15) is 12.1 Å². The Kier molecular flexibility index (Phi) is 5.13. The van der Waals surface area contributed by atoms with Gasteiger partial charge in [0, 0.05) is 12.5 Å². The van der Waals surface area contributed by atoms with Crippen LogP contribution in [0.3, 0.4) is 0 Å². The molecule has 3 aliphatic carbocycles. The number of rotatable bonds is 6. The van der Waals surface area contributed by atoms with Crippen molar-refractivity contribution in [2.45, 2.75) is 61.9 Å². The SMILES string of the molecule is O=C(NC1(CC(=O)N2CCCC3CC32C(=O)O)CCC1)OCC1c2ccccc2-c2ccccc21. The Labute approximate surface area is 204 Å². The Morgan fingerprint density at radius 3 is 2.26 bits per heavy atom. The van der Waals surface area contributed by atoms with Crippen molar-refractivity contribution in [2.24, 2.45) is 5.92 Å². The molecule has 2 amide bonds.